The van der Waals surface area contributed by atoms with Crippen LogP contribution in [0.4, 0.5) is 10.1 Å². The van der Waals surface area contributed by atoms with Crippen molar-refractivity contribution in [3.05, 3.63) is 99.3 Å². The minimum atomic E-state index is -1.26. The average molecular weight is 818 g/mol. The fraction of sp³-hybridized carbons (Fsp3) is 0.435. The summed E-state index contributed by atoms with van der Waals surface area (Å²) in [6.07, 6.45) is 6.80. The molecule has 9 rings (SSSR count). The van der Waals surface area contributed by atoms with E-state index < -0.39 is 40.7 Å². The zero-order valence-electron chi connectivity index (χ0n) is 32.5. The van der Waals surface area contributed by atoms with Gasteiger partial charge in [-0.3, -0.25) is 39.4 Å². The largest absolute Gasteiger partial charge is 0.352 e. The highest BCUT2D eigenvalue weighted by Gasteiger charge is 2.72. The number of nitrogens with zero attached hydrogens (tertiary/aromatic N) is 1. The summed E-state index contributed by atoms with van der Waals surface area (Å²) in [6.45, 7) is 0.198. The number of carbonyl (C=O) groups excluding carboxylic acids is 6. The molecule has 0 radical (unpaired) electrons. The first kappa shape index (κ1) is 39.1. The Hall–Kier alpha value is -5.38. The molecule has 0 bridgehead atoms. The van der Waals surface area contributed by atoms with Crippen LogP contribution in [-0.2, 0) is 35.9 Å². The molecule has 6 aliphatic rings. The number of halogens is 2. The lowest BCUT2D eigenvalue weighted by Gasteiger charge is -2.47. The predicted molar refractivity (Wildman–Crippen MR) is 217 cm³/mol. The van der Waals surface area contributed by atoms with Crippen molar-refractivity contribution in [1.29, 1.82) is 0 Å². The number of rotatable bonds is 6. The van der Waals surface area contributed by atoms with Crippen LogP contribution in [0.25, 0.3) is 0 Å². The maximum atomic E-state index is 16.0. The van der Waals surface area contributed by atoms with E-state index in [1.54, 1.807) is 48.5 Å². The molecule has 2 unspecified atom stereocenters. The number of benzene rings is 3. The summed E-state index contributed by atoms with van der Waals surface area (Å²) in [4.78, 5) is 81.4. The van der Waals surface area contributed by atoms with E-state index in [0.29, 0.717) is 71.5 Å². The highest BCUT2D eigenvalue weighted by atomic mass is 35.5. The van der Waals surface area contributed by atoms with Gasteiger partial charge in [0.2, 0.25) is 23.6 Å². The van der Waals surface area contributed by atoms with Gasteiger partial charge in [0.15, 0.2) is 0 Å². The van der Waals surface area contributed by atoms with Crippen LogP contribution >= 0.6 is 11.6 Å². The van der Waals surface area contributed by atoms with E-state index in [0.717, 1.165) is 24.8 Å². The highest BCUT2D eigenvalue weighted by Crippen LogP contribution is 2.62. The summed E-state index contributed by atoms with van der Waals surface area (Å²) in [7, 11) is 0. The van der Waals surface area contributed by atoms with Crippen molar-refractivity contribution in [2.45, 2.75) is 119 Å². The van der Waals surface area contributed by atoms with Gasteiger partial charge in [0.05, 0.1) is 12.5 Å². The Morgan fingerprint density at radius 3 is 2.46 bits per heavy atom. The summed E-state index contributed by atoms with van der Waals surface area (Å²) in [6, 6.07) is 15.2. The number of anilines is 1. The van der Waals surface area contributed by atoms with E-state index in [-0.39, 0.29) is 67.2 Å². The van der Waals surface area contributed by atoms with E-state index >= 15 is 4.39 Å². The zero-order chi connectivity index (χ0) is 41.1. The van der Waals surface area contributed by atoms with Crippen LogP contribution in [0.3, 0.4) is 0 Å². The number of Topliss-reactive ketones (excluding diaryl/α,β-unsaturated/α-hetero) is 1. The topological polar surface area (TPSA) is 154 Å². The molecule has 304 valence electrons. The van der Waals surface area contributed by atoms with Crippen LogP contribution < -0.4 is 21.3 Å². The third-order valence-electron chi connectivity index (χ3n) is 13.8. The Morgan fingerprint density at radius 1 is 0.915 bits per heavy atom. The molecular formula is C46H45ClFN5O6. The number of hydrogen-bond donors (Lipinski definition) is 4. The number of nitrogens with one attached hydrogen (secondary N) is 4. The molecule has 4 N–H and O–H groups in total. The Morgan fingerprint density at radius 2 is 1.69 bits per heavy atom. The van der Waals surface area contributed by atoms with Crippen molar-refractivity contribution in [3.8, 4) is 11.8 Å². The Labute approximate surface area is 346 Å². The van der Waals surface area contributed by atoms with Crippen molar-refractivity contribution in [2.24, 2.45) is 5.92 Å². The molecule has 0 aromatic heterocycles. The summed E-state index contributed by atoms with van der Waals surface area (Å²) in [5.41, 5.74) is 1.37. The van der Waals surface area contributed by atoms with Gasteiger partial charge in [0, 0.05) is 58.2 Å². The Kier molecular flexibility index (Phi) is 10.2. The lowest BCUT2D eigenvalue weighted by atomic mass is 9.55. The fourth-order valence-electron chi connectivity index (χ4n) is 11.1. The Bertz CT molecular complexity index is 2360. The predicted octanol–water partition coefficient (Wildman–Crippen LogP) is 5.57. The number of imide groups is 1. The number of amides is 5. The fourth-order valence-corrected chi connectivity index (χ4v) is 11.3. The lowest BCUT2D eigenvalue weighted by molar-refractivity contribution is -0.137. The summed E-state index contributed by atoms with van der Waals surface area (Å²) in [5.74, 6) is 2.94. The summed E-state index contributed by atoms with van der Waals surface area (Å²) < 4.78 is 16.0. The van der Waals surface area contributed by atoms with Crippen LogP contribution in [-0.4, -0.2) is 63.9 Å². The molecule has 2 saturated carbocycles. The van der Waals surface area contributed by atoms with Gasteiger partial charge in [-0.15, -0.1) is 0 Å². The van der Waals surface area contributed by atoms with Crippen LogP contribution in [0.5, 0.6) is 0 Å². The second-order valence-corrected chi connectivity index (χ2v) is 17.4. The smallest absolute Gasteiger partial charge is 0.255 e. The average Bonchev–Trinajstić information content (AvgIpc) is 3.82. The molecule has 13 heteroatoms. The second kappa shape index (κ2) is 15.3. The Balaban J connectivity index is 0.885. The number of hydrogen-bond acceptors (Lipinski definition) is 7. The van der Waals surface area contributed by atoms with Crippen LogP contribution in [0.15, 0.2) is 60.7 Å². The number of ketones is 1. The van der Waals surface area contributed by atoms with Crippen LogP contribution in [0, 0.1) is 23.6 Å². The molecule has 2 spiro atoms. The molecule has 2 saturated heterocycles. The van der Waals surface area contributed by atoms with E-state index in [1.165, 1.54) is 11.0 Å². The van der Waals surface area contributed by atoms with Gasteiger partial charge in [-0.05, 0) is 92.0 Å². The lowest BCUT2D eigenvalue weighted by Crippen LogP contribution is -2.60. The maximum Gasteiger partial charge on any atom is 0.255 e. The van der Waals surface area contributed by atoms with E-state index in [9.17, 15) is 28.8 Å². The first-order chi connectivity index (χ1) is 28.5. The van der Waals surface area contributed by atoms with E-state index in [4.69, 9.17) is 11.6 Å². The van der Waals surface area contributed by atoms with Gasteiger partial charge < -0.3 is 15.5 Å². The molecule has 4 aliphatic heterocycles. The standard InChI is InChI=1S/C46H45ClFN5O6/c47-28-16-19-33-35(24-28)50-44(59)46(33)39(31-10-2-3-12-34(31)48)40(52-45(46)22-4-1-5-23-45)42(57)49-29-17-14-27(15-18-29)37(54)13-7-9-26-8-6-11-30-32(26)25-53(43(30)58)36-20-21-38(55)51-41(36)56/h2-3,6,8,10-12,16,19,24,27,29,36,39-40,52H,1,4-5,13-15,17-18,20-23,25H2,(H,49,57)(H,50,59)(H,51,55,56)/t27?,29?,36?,39-,40?,46+/m0/s1. The molecular weight excluding hydrogens is 773 g/mol. The molecule has 4 atom stereocenters. The molecule has 59 heavy (non-hydrogen) atoms. The minimum absolute atomic E-state index is 0.0142. The van der Waals surface area contributed by atoms with Gasteiger partial charge in [-0.25, -0.2) is 4.39 Å². The van der Waals surface area contributed by atoms with Crippen molar-refractivity contribution in [3.63, 3.8) is 0 Å². The number of carbonyl (C=O) groups is 6. The van der Waals surface area contributed by atoms with Gasteiger partial charge in [-0.1, -0.05) is 73.0 Å². The minimum Gasteiger partial charge on any atom is -0.352 e. The van der Waals surface area contributed by atoms with Gasteiger partial charge in [0.25, 0.3) is 5.91 Å². The normalized spacial score (nSPS) is 28.1. The molecule has 4 heterocycles. The van der Waals surface area contributed by atoms with Gasteiger partial charge >= 0.3 is 0 Å². The zero-order valence-corrected chi connectivity index (χ0v) is 33.3. The highest BCUT2D eigenvalue weighted by molar-refractivity contribution is 6.31. The summed E-state index contributed by atoms with van der Waals surface area (Å²) in [5, 5.41) is 12.8. The monoisotopic (exact) mass is 817 g/mol. The first-order valence-electron chi connectivity index (χ1n) is 20.7. The maximum absolute atomic E-state index is 16.0. The number of fused-ring (bicyclic) bond motifs is 4. The third-order valence-corrected chi connectivity index (χ3v) is 14.1. The van der Waals surface area contributed by atoms with Gasteiger partial charge in [0.1, 0.15) is 23.1 Å². The van der Waals surface area contributed by atoms with Crippen molar-refractivity contribution < 1.29 is 33.2 Å². The number of piperidine rings is 1. The van der Waals surface area contributed by atoms with Crippen molar-refractivity contribution in [2.75, 3.05) is 5.32 Å². The SMILES string of the molecule is O=C1CCC(N2Cc3c(C#CCC(=O)C4CCC(NC(=O)C5NC6(CCCCC6)[C@@]6(C(=O)Nc7cc(Cl)ccc76)[C@H]5c5ccccc5F)CC4)cccc3C2=O)C(=O)N1. The van der Waals surface area contributed by atoms with E-state index in [2.05, 4.69) is 33.1 Å². The first-order valence-corrected chi connectivity index (χ1v) is 21.1. The van der Waals surface area contributed by atoms with Crippen LogP contribution in [0.2, 0.25) is 5.02 Å². The molecule has 4 fully saturated rings. The molecule has 11 nitrogen and oxygen atoms in total. The van der Waals surface area contributed by atoms with Crippen molar-refractivity contribution >= 4 is 52.6 Å². The van der Waals surface area contributed by atoms with Gasteiger partial charge in [-0.2, -0.15) is 0 Å². The molecule has 2 aliphatic carbocycles. The molecule has 3 aromatic carbocycles. The van der Waals surface area contributed by atoms with Crippen molar-refractivity contribution in [1.82, 2.24) is 20.9 Å². The van der Waals surface area contributed by atoms with Crippen LogP contribution in [0.1, 0.15) is 116 Å². The molecule has 5 amide bonds. The summed E-state index contributed by atoms with van der Waals surface area (Å²) >= 11 is 6.40. The second-order valence-electron chi connectivity index (χ2n) is 16.9. The third kappa shape index (κ3) is 6.54. The quantitative estimate of drug-likeness (QED) is 0.187. The molecule has 3 aromatic rings. The van der Waals surface area contributed by atoms with E-state index in [1.807, 2.05) is 6.07 Å².